The number of aromatic nitrogens is 2. The normalized spacial score (nSPS) is 11.3. The Labute approximate surface area is 114 Å². The van der Waals surface area contributed by atoms with Crippen LogP contribution in [0.3, 0.4) is 0 Å². The van der Waals surface area contributed by atoms with E-state index in [4.69, 9.17) is 5.84 Å². The van der Waals surface area contributed by atoms with Gasteiger partial charge in [-0.2, -0.15) is 4.98 Å². The van der Waals surface area contributed by atoms with Crippen LogP contribution in [0.2, 0.25) is 0 Å². The molecule has 0 aliphatic heterocycles. The first kappa shape index (κ1) is 15.1. The van der Waals surface area contributed by atoms with Crippen molar-refractivity contribution in [3.8, 4) is 0 Å². The summed E-state index contributed by atoms with van der Waals surface area (Å²) in [6.45, 7) is 2.33. The van der Waals surface area contributed by atoms with Crippen LogP contribution in [-0.2, 0) is 10.0 Å². The SMILES string of the molecule is CCNS(=O)(=O)CCNc1nc(NN)ncc1Br. The second kappa shape index (κ2) is 6.83. The molecule has 10 heteroatoms. The van der Waals surface area contributed by atoms with E-state index in [1.165, 1.54) is 6.20 Å². The van der Waals surface area contributed by atoms with Crippen molar-refractivity contribution in [1.82, 2.24) is 14.7 Å². The standard InChI is InChI=1S/C8H15BrN6O2S/c1-2-13-18(16,17)4-3-11-7-6(9)5-12-8(14-7)15-10/h5,13H,2-4,10H2,1H3,(H2,11,12,14,15). The van der Waals surface area contributed by atoms with Gasteiger partial charge in [0.25, 0.3) is 0 Å². The van der Waals surface area contributed by atoms with E-state index in [1.807, 2.05) is 0 Å². The molecule has 1 aromatic heterocycles. The van der Waals surface area contributed by atoms with Gasteiger partial charge in [-0.25, -0.2) is 24.0 Å². The Morgan fingerprint density at radius 1 is 1.50 bits per heavy atom. The van der Waals surface area contributed by atoms with E-state index in [1.54, 1.807) is 6.92 Å². The van der Waals surface area contributed by atoms with Crippen molar-refractivity contribution in [3.05, 3.63) is 10.7 Å². The van der Waals surface area contributed by atoms with Gasteiger partial charge in [-0.15, -0.1) is 0 Å². The molecule has 0 unspecified atom stereocenters. The van der Waals surface area contributed by atoms with E-state index in [0.29, 0.717) is 16.8 Å². The van der Waals surface area contributed by atoms with Crippen molar-refractivity contribution in [2.24, 2.45) is 5.84 Å². The highest BCUT2D eigenvalue weighted by Crippen LogP contribution is 2.19. The summed E-state index contributed by atoms with van der Waals surface area (Å²) in [7, 11) is -3.24. The monoisotopic (exact) mass is 338 g/mol. The van der Waals surface area contributed by atoms with Crippen LogP contribution >= 0.6 is 15.9 Å². The Bertz CT molecular complexity index is 494. The predicted molar refractivity (Wildman–Crippen MR) is 73.5 cm³/mol. The van der Waals surface area contributed by atoms with Crippen LogP contribution in [0.5, 0.6) is 0 Å². The zero-order valence-electron chi connectivity index (χ0n) is 9.77. The first-order valence-electron chi connectivity index (χ1n) is 5.19. The number of halogens is 1. The highest BCUT2D eigenvalue weighted by Gasteiger charge is 2.09. The Morgan fingerprint density at radius 3 is 2.83 bits per heavy atom. The van der Waals surface area contributed by atoms with Crippen LogP contribution in [0.25, 0.3) is 0 Å². The number of hydrazine groups is 1. The number of hydrogen-bond acceptors (Lipinski definition) is 7. The van der Waals surface area contributed by atoms with Crippen LogP contribution in [0.15, 0.2) is 10.7 Å². The molecule has 0 radical (unpaired) electrons. The summed E-state index contributed by atoms with van der Waals surface area (Å²) in [6, 6.07) is 0. The van der Waals surface area contributed by atoms with Crippen molar-refractivity contribution >= 4 is 37.7 Å². The lowest BCUT2D eigenvalue weighted by molar-refractivity contribution is 0.584. The van der Waals surface area contributed by atoms with E-state index < -0.39 is 10.0 Å². The van der Waals surface area contributed by atoms with Gasteiger partial charge in [-0.05, 0) is 15.9 Å². The van der Waals surface area contributed by atoms with Gasteiger partial charge >= 0.3 is 0 Å². The minimum Gasteiger partial charge on any atom is -0.368 e. The lowest BCUT2D eigenvalue weighted by Gasteiger charge is -2.09. The Hall–Kier alpha value is -0.970. The number of nitrogens with one attached hydrogen (secondary N) is 3. The van der Waals surface area contributed by atoms with Gasteiger partial charge in [-0.3, -0.25) is 5.43 Å². The molecule has 1 rings (SSSR count). The minimum atomic E-state index is -3.24. The zero-order chi connectivity index (χ0) is 13.6. The largest absolute Gasteiger partial charge is 0.368 e. The first-order chi connectivity index (χ1) is 8.48. The third-order valence-electron chi connectivity index (χ3n) is 1.90. The summed E-state index contributed by atoms with van der Waals surface area (Å²) < 4.78 is 25.8. The lowest BCUT2D eigenvalue weighted by Crippen LogP contribution is -2.29. The molecular formula is C8H15BrN6O2S. The first-order valence-corrected chi connectivity index (χ1v) is 7.63. The van der Waals surface area contributed by atoms with Crippen molar-refractivity contribution in [3.63, 3.8) is 0 Å². The highest BCUT2D eigenvalue weighted by molar-refractivity contribution is 9.10. The number of sulfonamides is 1. The Kier molecular flexibility index (Phi) is 5.72. The summed E-state index contributed by atoms with van der Waals surface area (Å²) in [5, 5.41) is 2.89. The Balaban J connectivity index is 2.58. The molecule has 0 atom stereocenters. The predicted octanol–water partition coefficient (Wildman–Crippen LogP) is -0.124. The van der Waals surface area contributed by atoms with Gasteiger partial charge in [0.2, 0.25) is 16.0 Å². The van der Waals surface area contributed by atoms with Gasteiger partial charge in [0.15, 0.2) is 0 Å². The third kappa shape index (κ3) is 4.72. The second-order valence-corrected chi connectivity index (χ2v) is 6.06. The molecule has 8 nitrogen and oxygen atoms in total. The molecule has 0 aromatic carbocycles. The molecule has 0 fully saturated rings. The summed E-state index contributed by atoms with van der Waals surface area (Å²) in [5.74, 6) is 5.87. The van der Waals surface area contributed by atoms with Crippen LogP contribution in [0.1, 0.15) is 6.92 Å². The average molecular weight is 339 g/mol. The zero-order valence-corrected chi connectivity index (χ0v) is 12.2. The fourth-order valence-corrected chi connectivity index (χ4v) is 2.44. The molecule has 1 heterocycles. The number of nitrogens with zero attached hydrogens (tertiary/aromatic N) is 2. The van der Waals surface area contributed by atoms with E-state index in [0.717, 1.165) is 0 Å². The molecule has 0 aliphatic rings. The lowest BCUT2D eigenvalue weighted by atomic mass is 10.5. The van der Waals surface area contributed by atoms with Gasteiger partial charge in [-0.1, -0.05) is 6.92 Å². The van der Waals surface area contributed by atoms with Crippen LogP contribution in [-0.4, -0.2) is 37.2 Å². The van der Waals surface area contributed by atoms with Crippen LogP contribution in [0.4, 0.5) is 11.8 Å². The molecular weight excluding hydrogens is 324 g/mol. The molecule has 0 saturated carbocycles. The number of nitrogen functional groups attached to an aromatic ring is 1. The van der Waals surface area contributed by atoms with E-state index >= 15 is 0 Å². The number of nitrogens with two attached hydrogens (primary N) is 1. The fraction of sp³-hybridized carbons (Fsp3) is 0.500. The number of hydrogen-bond donors (Lipinski definition) is 4. The maximum atomic E-state index is 11.4. The van der Waals surface area contributed by atoms with E-state index in [2.05, 4.69) is 41.4 Å². The third-order valence-corrected chi connectivity index (χ3v) is 3.95. The van der Waals surface area contributed by atoms with E-state index in [-0.39, 0.29) is 18.2 Å². The number of anilines is 2. The van der Waals surface area contributed by atoms with Gasteiger partial charge < -0.3 is 5.32 Å². The molecule has 0 aliphatic carbocycles. The van der Waals surface area contributed by atoms with Crippen LogP contribution < -0.4 is 21.3 Å². The molecule has 0 bridgehead atoms. The molecule has 18 heavy (non-hydrogen) atoms. The summed E-state index contributed by atoms with van der Waals surface area (Å²) >= 11 is 3.25. The maximum Gasteiger partial charge on any atom is 0.239 e. The highest BCUT2D eigenvalue weighted by atomic mass is 79.9. The van der Waals surface area contributed by atoms with Crippen LogP contribution in [0, 0.1) is 0 Å². The molecule has 0 saturated heterocycles. The second-order valence-electron chi connectivity index (χ2n) is 3.28. The molecule has 102 valence electrons. The van der Waals surface area contributed by atoms with Gasteiger partial charge in [0.05, 0.1) is 10.2 Å². The molecule has 5 N–H and O–H groups in total. The van der Waals surface area contributed by atoms with Crippen molar-refractivity contribution in [1.29, 1.82) is 0 Å². The van der Waals surface area contributed by atoms with E-state index in [9.17, 15) is 8.42 Å². The maximum absolute atomic E-state index is 11.4. The summed E-state index contributed by atoms with van der Waals surface area (Å²) in [6.07, 6.45) is 1.52. The smallest absolute Gasteiger partial charge is 0.239 e. The minimum absolute atomic E-state index is 0.0390. The van der Waals surface area contributed by atoms with Crippen molar-refractivity contribution < 1.29 is 8.42 Å². The molecule has 1 aromatic rings. The van der Waals surface area contributed by atoms with Crippen molar-refractivity contribution in [2.45, 2.75) is 6.92 Å². The summed E-state index contributed by atoms with van der Waals surface area (Å²) in [5.41, 5.74) is 2.31. The Morgan fingerprint density at radius 2 is 2.22 bits per heavy atom. The van der Waals surface area contributed by atoms with Gasteiger partial charge in [0, 0.05) is 19.3 Å². The molecule has 0 spiro atoms. The average Bonchev–Trinajstić information content (AvgIpc) is 2.31. The number of rotatable bonds is 7. The topological polar surface area (TPSA) is 122 Å². The molecule has 0 amide bonds. The van der Waals surface area contributed by atoms with Crippen molar-refractivity contribution in [2.75, 3.05) is 29.6 Å². The fourth-order valence-electron chi connectivity index (χ4n) is 1.16. The van der Waals surface area contributed by atoms with Gasteiger partial charge in [0.1, 0.15) is 5.82 Å². The summed E-state index contributed by atoms with van der Waals surface area (Å²) in [4.78, 5) is 7.91. The quantitative estimate of drug-likeness (QED) is 0.403.